The van der Waals surface area contributed by atoms with E-state index in [4.69, 9.17) is 4.74 Å². The number of para-hydroxylation sites is 2. The van der Waals surface area contributed by atoms with Crippen molar-refractivity contribution in [3.05, 3.63) is 24.3 Å². The van der Waals surface area contributed by atoms with E-state index in [1.165, 1.54) is 0 Å². The van der Waals surface area contributed by atoms with Gasteiger partial charge in [0.25, 0.3) is 0 Å². The van der Waals surface area contributed by atoms with Crippen LogP contribution >= 0.6 is 0 Å². The lowest BCUT2D eigenvalue weighted by Gasteiger charge is -2.33. The Kier molecular flexibility index (Phi) is 9.13. The first-order chi connectivity index (χ1) is 12.3. The van der Waals surface area contributed by atoms with E-state index in [2.05, 4.69) is 5.32 Å². The zero-order chi connectivity index (χ0) is 19.7. The van der Waals surface area contributed by atoms with Crippen LogP contribution in [0.15, 0.2) is 24.3 Å². The van der Waals surface area contributed by atoms with Gasteiger partial charge in [-0.15, -0.1) is 0 Å². The van der Waals surface area contributed by atoms with E-state index in [1.54, 1.807) is 19.2 Å². The first-order valence-electron chi connectivity index (χ1n) is 9.26. The number of anilines is 1. The summed E-state index contributed by atoms with van der Waals surface area (Å²) < 4.78 is 5.26. The Hall–Kier alpha value is -2.08. The summed E-state index contributed by atoms with van der Waals surface area (Å²) in [7, 11) is 1.57. The van der Waals surface area contributed by atoms with E-state index in [9.17, 15) is 9.59 Å². The molecule has 0 aliphatic heterocycles. The van der Waals surface area contributed by atoms with E-state index in [1.807, 2.05) is 56.6 Å². The van der Waals surface area contributed by atoms with Gasteiger partial charge in [-0.25, -0.2) is 0 Å². The van der Waals surface area contributed by atoms with Crippen LogP contribution in [0, 0.1) is 0 Å². The fourth-order valence-corrected chi connectivity index (χ4v) is 3.12. The van der Waals surface area contributed by atoms with Crippen LogP contribution in [0.4, 0.5) is 5.69 Å². The maximum absolute atomic E-state index is 12.7. The molecule has 146 valence electrons. The number of ether oxygens (including phenoxy) is 1. The lowest BCUT2D eigenvalue weighted by Crippen LogP contribution is -2.48. The van der Waals surface area contributed by atoms with E-state index >= 15 is 0 Å². The maximum atomic E-state index is 12.7. The normalized spacial score (nSPS) is 11.1. The SMILES string of the molecule is CCCN(CC(=O)Nc1ccccc1OC)CC(=O)N(C(C)C)C(C)C. The molecule has 0 aliphatic carbocycles. The Morgan fingerprint density at radius 1 is 1.08 bits per heavy atom. The molecule has 26 heavy (non-hydrogen) atoms. The van der Waals surface area contributed by atoms with Gasteiger partial charge < -0.3 is 15.0 Å². The second kappa shape index (κ2) is 10.8. The highest BCUT2D eigenvalue weighted by Crippen LogP contribution is 2.22. The Morgan fingerprint density at radius 2 is 1.69 bits per heavy atom. The van der Waals surface area contributed by atoms with Crippen molar-refractivity contribution in [2.24, 2.45) is 0 Å². The van der Waals surface area contributed by atoms with Gasteiger partial charge in [0.1, 0.15) is 5.75 Å². The van der Waals surface area contributed by atoms with Crippen LogP contribution in [0.2, 0.25) is 0 Å². The summed E-state index contributed by atoms with van der Waals surface area (Å²) in [5, 5.41) is 2.87. The van der Waals surface area contributed by atoms with E-state index < -0.39 is 0 Å². The highest BCUT2D eigenvalue weighted by molar-refractivity contribution is 5.94. The molecule has 1 aromatic rings. The van der Waals surface area contributed by atoms with Crippen molar-refractivity contribution in [3.63, 3.8) is 0 Å². The van der Waals surface area contributed by atoms with Crippen LogP contribution < -0.4 is 10.1 Å². The van der Waals surface area contributed by atoms with Crippen molar-refractivity contribution in [1.82, 2.24) is 9.80 Å². The highest BCUT2D eigenvalue weighted by atomic mass is 16.5. The molecule has 0 aliphatic rings. The van der Waals surface area contributed by atoms with Crippen LogP contribution in [0.25, 0.3) is 0 Å². The first kappa shape index (κ1) is 22.0. The van der Waals surface area contributed by atoms with Gasteiger partial charge >= 0.3 is 0 Å². The predicted octanol–water partition coefficient (Wildman–Crippen LogP) is 2.99. The summed E-state index contributed by atoms with van der Waals surface area (Å²) in [6, 6.07) is 7.55. The van der Waals surface area contributed by atoms with E-state index in [-0.39, 0.29) is 37.0 Å². The number of amides is 2. The van der Waals surface area contributed by atoms with Crippen LogP contribution in [-0.4, -0.2) is 60.4 Å². The van der Waals surface area contributed by atoms with Crippen molar-refractivity contribution >= 4 is 17.5 Å². The molecule has 0 aromatic heterocycles. The van der Waals surface area contributed by atoms with Crippen molar-refractivity contribution < 1.29 is 14.3 Å². The molecule has 1 aromatic carbocycles. The van der Waals surface area contributed by atoms with Gasteiger partial charge in [-0.3, -0.25) is 14.5 Å². The third-order valence-corrected chi connectivity index (χ3v) is 4.05. The van der Waals surface area contributed by atoms with Crippen LogP contribution in [0.5, 0.6) is 5.75 Å². The van der Waals surface area contributed by atoms with Crippen molar-refractivity contribution in [1.29, 1.82) is 0 Å². The molecule has 0 saturated heterocycles. The monoisotopic (exact) mass is 363 g/mol. The van der Waals surface area contributed by atoms with Gasteiger partial charge in [-0.1, -0.05) is 19.1 Å². The van der Waals surface area contributed by atoms with E-state index in [0.717, 1.165) is 6.42 Å². The molecule has 6 heteroatoms. The van der Waals surface area contributed by atoms with E-state index in [0.29, 0.717) is 18.0 Å². The zero-order valence-corrected chi connectivity index (χ0v) is 16.9. The molecule has 0 atom stereocenters. The molecule has 0 saturated carbocycles. The third-order valence-electron chi connectivity index (χ3n) is 4.05. The summed E-state index contributed by atoms with van der Waals surface area (Å²) in [5.41, 5.74) is 0.633. The highest BCUT2D eigenvalue weighted by Gasteiger charge is 2.23. The van der Waals surface area contributed by atoms with Gasteiger partial charge in [-0.05, 0) is 52.8 Å². The minimum Gasteiger partial charge on any atom is -0.495 e. The van der Waals surface area contributed by atoms with Crippen LogP contribution in [0.1, 0.15) is 41.0 Å². The molecule has 0 bridgehead atoms. The average molecular weight is 364 g/mol. The molecule has 6 nitrogen and oxygen atoms in total. The molecule has 0 fully saturated rings. The zero-order valence-electron chi connectivity index (χ0n) is 16.9. The Morgan fingerprint density at radius 3 is 2.23 bits per heavy atom. The fraction of sp³-hybridized carbons (Fsp3) is 0.600. The minimum absolute atomic E-state index is 0.0496. The standard InChI is InChI=1S/C20H33N3O3/c1-7-12-22(14-20(25)23(15(2)3)16(4)5)13-19(24)21-17-10-8-9-11-18(17)26-6/h8-11,15-16H,7,12-14H2,1-6H3,(H,21,24). The fourth-order valence-electron chi connectivity index (χ4n) is 3.12. The lowest BCUT2D eigenvalue weighted by molar-refractivity contribution is -0.136. The van der Waals surface area contributed by atoms with Gasteiger partial charge in [0.2, 0.25) is 11.8 Å². The van der Waals surface area contributed by atoms with Crippen molar-refractivity contribution in [2.45, 2.75) is 53.1 Å². The number of rotatable bonds is 10. The minimum atomic E-state index is -0.156. The Bertz CT molecular complexity index is 579. The number of carbonyl (C=O) groups excluding carboxylic acids is 2. The number of hydrogen-bond acceptors (Lipinski definition) is 4. The smallest absolute Gasteiger partial charge is 0.238 e. The number of benzene rings is 1. The topological polar surface area (TPSA) is 61.9 Å². The first-order valence-corrected chi connectivity index (χ1v) is 9.26. The molecule has 1 rings (SSSR count). The Balaban J connectivity index is 2.75. The summed E-state index contributed by atoms with van der Waals surface area (Å²) in [6.07, 6.45) is 0.874. The quantitative estimate of drug-likeness (QED) is 0.694. The van der Waals surface area contributed by atoms with Gasteiger partial charge in [0.15, 0.2) is 0 Å². The maximum Gasteiger partial charge on any atom is 0.238 e. The largest absolute Gasteiger partial charge is 0.495 e. The lowest BCUT2D eigenvalue weighted by atomic mass is 10.2. The molecule has 0 spiro atoms. The number of hydrogen-bond donors (Lipinski definition) is 1. The summed E-state index contributed by atoms with van der Waals surface area (Å²) >= 11 is 0. The number of nitrogens with zero attached hydrogens (tertiary/aromatic N) is 2. The summed E-state index contributed by atoms with van der Waals surface area (Å²) in [6.45, 7) is 11.2. The summed E-state index contributed by atoms with van der Waals surface area (Å²) in [4.78, 5) is 28.9. The number of methoxy groups -OCH3 is 1. The second-order valence-electron chi connectivity index (χ2n) is 6.95. The second-order valence-corrected chi connectivity index (χ2v) is 6.95. The molecule has 1 N–H and O–H groups in total. The van der Waals surface area contributed by atoms with Crippen molar-refractivity contribution in [3.8, 4) is 5.75 Å². The number of carbonyl (C=O) groups is 2. The predicted molar refractivity (Wildman–Crippen MR) is 105 cm³/mol. The van der Waals surface area contributed by atoms with Gasteiger partial charge in [0, 0.05) is 12.1 Å². The van der Waals surface area contributed by atoms with Crippen molar-refractivity contribution in [2.75, 3.05) is 32.1 Å². The molecule has 0 heterocycles. The Labute approximate surface area is 157 Å². The third kappa shape index (κ3) is 6.67. The molecule has 0 radical (unpaired) electrons. The van der Waals surface area contributed by atoms with Crippen LogP contribution in [0.3, 0.4) is 0 Å². The summed E-state index contributed by atoms with van der Waals surface area (Å²) in [5.74, 6) is 0.509. The van der Waals surface area contributed by atoms with Gasteiger partial charge in [-0.2, -0.15) is 0 Å². The average Bonchev–Trinajstić information content (AvgIpc) is 2.54. The number of nitrogens with one attached hydrogen (secondary N) is 1. The molecular weight excluding hydrogens is 330 g/mol. The van der Waals surface area contributed by atoms with Gasteiger partial charge in [0.05, 0.1) is 25.9 Å². The molecule has 0 unspecified atom stereocenters. The van der Waals surface area contributed by atoms with Crippen LogP contribution in [-0.2, 0) is 9.59 Å². The molecule has 2 amide bonds. The molecular formula is C20H33N3O3.